The van der Waals surface area contributed by atoms with E-state index in [1.54, 1.807) is 50.4 Å². The van der Waals surface area contributed by atoms with E-state index in [0.717, 1.165) is 9.87 Å². The number of aryl methyl sites for hydroxylation is 1. The van der Waals surface area contributed by atoms with Crippen LogP contribution in [0, 0.1) is 6.92 Å². The molecule has 0 aromatic heterocycles. The topological polar surface area (TPSA) is 84.9 Å². The van der Waals surface area contributed by atoms with Crippen LogP contribution in [-0.4, -0.2) is 35.1 Å². The molecule has 0 heterocycles. The summed E-state index contributed by atoms with van der Waals surface area (Å²) in [5.41, 5.74) is 1.96. The summed E-state index contributed by atoms with van der Waals surface area (Å²) < 4.78 is 38.8. The van der Waals surface area contributed by atoms with E-state index in [1.807, 2.05) is 13.0 Å². The van der Waals surface area contributed by atoms with Crippen molar-refractivity contribution in [2.24, 2.45) is 0 Å². The first-order valence-electron chi connectivity index (χ1n) is 10.5. The molecule has 3 rings (SSSR count). The molecule has 1 N–H and O–H groups in total. The molecule has 0 aliphatic heterocycles. The molecule has 0 radical (unpaired) electrons. The van der Waals surface area contributed by atoms with E-state index in [2.05, 4.69) is 5.32 Å². The normalized spacial score (nSPS) is 12.0. The van der Waals surface area contributed by atoms with Crippen LogP contribution in [0.15, 0.2) is 71.6 Å². The van der Waals surface area contributed by atoms with Gasteiger partial charge in [-0.15, -0.1) is 0 Å². The fourth-order valence-corrected chi connectivity index (χ4v) is 5.04. The average Bonchev–Trinajstić information content (AvgIpc) is 2.82. The minimum atomic E-state index is -4.04. The Hall–Kier alpha value is -3.23. The van der Waals surface area contributed by atoms with Crippen LogP contribution in [0.1, 0.15) is 24.1 Å². The van der Waals surface area contributed by atoms with Gasteiger partial charge in [-0.1, -0.05) is 23.7 Å². The molecule has 0 saturated carbocycles. The first-order chi connectivity index (χ1) is 16.1. The highest BCUT2D eigenvalue weighted by Crippen LogP contribution is 2.30. The van der Waals surface area contributed by atoms with Gasteiger partial charge in [0.05, 0.1) is 30.8 Å². The van der Waals surface area contributed by atoms with Gasteiger partial charge < -0.3 is 14.8 Å². The van der Waals surface area contributed by atoms with Crippen molar-refractivity contribution in [1.29, 1.82) is 0 Å². The maximum atomic E-state index is 13.5. The third-order valence-corrected chi connectivity index (χ3v) is 7.30. The molecule has 1 atom stereocenters. The molecule has 0 aliphatic rings. The number of halogens is 1. The summed E-state index contributed by atoms with van der Waals surface area (Å²) in [7, 11) is -0.946. The molecule has 0 fully saturated rings. The highest BCUT2D eigenvalue weighted by atomic mass is 35.5. The number of carbonyl (C=O) groups is 1. The number of hydrogen-bond donors (Lipinski definition) is 1. The first-order valence-corrected chi connectivity index (χ1v) is 12.3. The van der Waals surface area contributed by atoms with E-state index in [4.69, 9.17) is 21.1 Å². The lowest BCUT2D eigenvalue weighted by Gasteiger charge is -2.26. The molecule has 0 saturated heterocycles. The van der Waals surface area contributed by atoms with Crippen molar-refractivity contribution < 1.29 is 22.7 Å². The molecule has 180 valence electrons. The Morgan fingerprint density at radius 1 is 1.03 bits per heavy atom. The van der Waals surface area contributed by atoms with E-state index < -0.39 is 28.5 Å². The van der Waals surface area contributed by atoms with Crippen molar-refractivity contribution in [2.45, 2.75) is 24.8 Å². The predicted octanol–water partition coefficient (Wildman–Crippen LogP) is 4.74. The van der Waals surface area contributed by atoms with Crippen LogP contribution in [0.25, 0.3) is 0 Å². The quantitative estimate of drug-likeness (QED) is 0.457. The molecule has 9 heteroatoms. The zero-order valence-electron chi connectivity index (χ0n) is 19.4. The molecule has 1 amide bonds. The molecule has 0 spiro atoms. The Bertz CT molecular complexity index is 1260. The van der Waals surface area contributed by atoms with Crippen molar-refractivity contribution in [3.8, 4) is 11.5 Å². The number of rotatable bonds is 9. The van der Waals surface area contributed by atoms with E-state index >= 15 is 0 Å². The highest BCUT2D eigenvalue weighted by Gasteiger charge is 2.28. The Kier molecular flexibility index (Phi) is 8.06. The summed E-state index contributed by atoms with van der Waals surface area (Å²) in [6, 6.07) is 17.6. The summed E-state index contributed by atoms with van der Waals surface area (Å²) in [4.78, 5) is 13.1. The lowest BCUT2D eigenvalue weighted by molar-refractivity contribution is -0.120. The van der Waals surface area contributed by atoms with Crippen LogP contribution in [0.4, 0.5) is 5.69 Å². The van der Waals surface area contributed by atoms with Crippen LogP contribution in [0.3, 0.4) is 0 Å². The first kappa shape index (κ1) is 25.4. The number of amides is 1. The molecule has 0 aliphatic carbocycles. The monoisotopic (exact) mass is 502 g/mol. The smallest absolute Gasteiger partial charge is 0.264 e. The second kappa shape index (κ2) is 10.8. The zero-order valence-corrected chi connectivity index (χ0v) is 21.0. The summed E-state index contributed by atoms with van der Waals surface area (Å²) in [5.74, 6) is 0.720. The maximum Gasteiger partial charge on any atom is 0.264 e. The minimum absolute atomic E-state index is 0.0359. The Balaban J connectivity index is 1.91. The van der Waals surface area contributed by atoms with Crippen LogP contribution in [0.5, 0.6) is 11.5 Å². The molecular formula is C25H27ClN2O5S. The van der Waals surface area contributed by atoms with E-state index in [-0.39, 0.29) is 4.90 Å². The summed E-state index contributed by atoms with van der Waals surface area (Å²) >= 11 is 5.93. The fraction of sp³-hybridized carbons (Fsp3) is 0.240. The van der Waals surface area contributed by atoms with E-state index in [1.165, 1.54) is 31.4 Å². The number of carbonyl (C=O) groups excluding carboxylic acids is 1. The lowest BCUT2D eigenvalue weighted by atomic mass is 10.1. The second-order valence-corrected chi connectivity index (χ2v) is 10.0. The van der Waals surface area contributed by atoms with Crippen molar-refractivity contribution in [3.63, 3.8) is 0 Å². The van der Waals surface area contributed by atoms with Gasteiger partial charge in [0, 0.05) is 10.6 Å². The molecular weight excluding hydrogens is 476 g/mol. The summed E-state index contributed by atoms with van der Waals surface area (Å²) in [6.45, 7) is 3.23. The van der Waals surface area contributed by atoms with Crippen molar-refractivity contribution in [2.75, 3.05) is 25.1 Å². The molecule has 7 nitrogen and oxygen atoms in total. The second-order valence-electron chi connectivity index (χ2n) is 7.70. The van der Waals surface area contributed by atoms with Gasteiger partial charge in [-0.2, -0.15) is 0 Å². The predicted molar refractivity (Wildman–Crippen MR) is 133 cm³/mol. The molecule has 34 heavy (non-hydrogen) atoms. The Morgan fingerprint density at radius 3 is 2.35 bits per heavy atom. The Morgan fingerprint density at radius 2 is 1.74 bits per heavy atom. The van der Waals surface area contributed by atoms with Gasteiger partial charge in [0.2, 0.25) is 5.91 Å². The number of hydrogen-bond acceptors (Lipinski definition) is 5. The average molecular weight is 503 g/mol. The van der Waals surface area contributed by atoms with Gasteiger partial charge in [-0.25, -0.2) is 8.42 Å². The van der Waals surface area contributed by atoms with Crippen molar-refractivity contribution >= 4 is 33.2 Å². The SMILES string of the molecule is COc1ccc(OC)c(C(C)NC(=O)CN(c2cccc(C)c2)S(=O)(=O)c2ccc(Cl)cc2)c1. The van der Waals surface area contributed by atoms with Crippen molar-refractivity contribution in [3.05, 3.63) is 82.9 Å². The number of sulfonamides is 1. The van der Waals surface area contributed by atoms with E-state index in [9.17, 15) is 13.2 Å². The van der Waals surface area contributed by atoms with Gasteiger partial charge in [0.1, 0.15) is 18.0 Å². The van der Waals surface area contributed by atoms with Gasteiger partial charge in [0.25, 0.3) is 10.0 Å². The molecule has 3 aromatic rings. The highest BCUT2D eigenvalue weighted by molar-refractivity contribution is 7.92. The zero-order chi connectivity index (χ0) is 24.9. The third-order valence-electron chi connectivity index (χ3n) is 5.26. The fourth-order valence-electron chi connectivity index (χ4n) is 3.51. The summed E-state index contributed by atoms with van der Waals surface area (Å²) in [5, 5.41) is 3.28. The lowest BCUT2D eigenvalue weighted by Crippen LogP contribution is -2.41. The molecule has 1 unspecified atom stereocenters. The van der Waals surface area contributed by atoms with Gasteiger partial charge in [-0.3, -0.25) is 9.10 Å². The van der Waals surface area contributed by atoms with Crippen molar-refractivity contribution in [1.82, 2.24) is 5.32 Å². The third kappa shape index (κ3) is 5.81. The van der Waals surface area contributed by atoms with Crippen LogP contribution in [-0.2, 0) is 14.8 Å². The van der Waals surface area contributed by atoms with Crippen LogP contribution < -0.4 is 19.1 Å². The summed E-state index contributed by atoms with van der Waals surface area (Å²) in [6.07, 6.45) is 0. The van der Waals surface area contributed by atoms with E-state index in [0.29, 0.717) is 27.8 Å². The molecule has 3 aromatic carbocycles. The number of ether oxygens (including phenoxy) is 2. The minimum Gasteiger partial charge on any atom is -0.497 e. The number of benzene rings is 3. The standard InChI is InChI=1S/C25H27ClN2O5S/c1-17-6-5-7-20(14-17)28(34(30,31)22-11-8-19(26)9-12-22)16-25(29)27-18(2)23-15-21(32-3)10-13-24(23)33-4/h5-15,18H,16H2,1-4H3,(H,27,29). The maximum absolute atomic E-state index is 13.5. The Labute approximate surface area is 205 Å². The number of methoxy groups -OCH3 is 2. The van der Waals surface area contributed by atoms with Crippen LogP contribution in [0.2, 0.25) is 5.02 Å². The number of nitrogens with zero attached hydrogens (tertiary/aromatic N) is 1. The number of anilines is 1. The van der Waals surface area contributed by atoms with Crippen LogP contribution >= 0.6 is 11.6 Å². The number of nitrogens with one attached hydrogen (secondary N) is 1. The van der Waals surface area contributed by atoms with Gasteiger partial charge in [0.15, 0.2) is 0 Å². The van der Waals surface area contributed by atoms with Gasteiger partial charge >= 0.3 is 0 Å². The van der Waals surface area contributed by atoms with Gasteiger partial charge in [-0.05, 0) is 74.0 Å². The largest absolute Gasteiger partial charge is 0.497 e. The molecule has 0 bridgehead atoms.